The average Bonchev–Trinajstić information content (AvgIpc) is 2.92. The minimum atomic E-state index is -0.362. The van der Waals surface area contributed by atoms with Gasteiger partial charge in [0, 0.05) is 38.5 Å². The molecule has 0 saturated heterocycles. The summed E-state index contributed by atoms with van der Waals surface area (Å²) in [6, 6.07) is 10.2. The molecule has 0 unspecified atom stereocenters. The van der Waals surface area contributed by atoms with Gasteiger partial charge in [-0.2, -0.15) is 4.74 Å². The highest BCUT2D eigenvalue weighted by atomic mass is 79.9. The van der Waals surface area contributed by atoms with Gasteiger partial charge in [0.2, 0.25) is 0 Å². The van der Waals surface area contributed by atoms with Gasteiger partial charge in [-0.25, -0.2) is 0 Å². The number of methoxy groups -OCH3 is 1. The van der Waals surface area contributed by atoms with E-state index in [9.17, 15) is 5.21 Å². The number of rotatable bonds is 2. The van der Waals surface area contributed by atoms with Gasteiger partial charge in [0.25, 0.3) is 5.69 Å². The standard InChI is InChI=1S/C20H19BrN2O2/c1-20(2)17-11(5-8-16(25-4)18(17)23(3)24)9-14-13-7-6-12(21)10-15(13)22-19(14)20/h5-8,10,22H,3,9H2,1-2,4H3. The van der Waals surface area contributed by atoms with Crippen molar-refractivity contribution in [3.05, 3.63) is 62.4 Å². The molecule has 0 atom stereocenters. The second kappa shape index (κ2) is 5.36. The van der Waals surface area contributed by atoms with Crippen molar-refractivity contribution in [2.45, 2.75) is 25.7 Å². The number of H-pyrrole nitrogens is 1. The van der Waals surface area contributed by atoms with Gasteiger partial charge in [-0.3, -0.25) is 0 Å². The Kier molecular flexibility index (Phi) is 3.48. The highest BCUT2D eigenvalue weighted by Crippen LogP contribution is 2.49. The number of benzene rings is 2. The highest BCUT2D eigenvalue weighted by molar-refractivity contribution is 9.10. The second-order valence-corrected chi connectivity index (χ2v) is 7.91. The Morgan fingerprint density at radius 3 is 2.72 bits per heavy atom. The molecule has 2 aromatic carbocycles. The number of aromatic amines is 1. The molecule has 4 rings (SSSR count). The molecule has 1 aliphatic carbocycles. The molecule has 0 fully saturated rings. The van der Waals surface area contributed by atoms with Crippen LogP contribution in [0.4, 0.5) is 5.69 Å². The molecule has 0 saturated carbocycles. The summed E-state index contributed by atoms with van der Waals surface area (Å²) in [4.78, 5) is 3.58. The molecule has 1 N–H and O–H groups in total. The predicted octanol–water partition coefficient (Wildman–Crippen LogP) is 5.01. The number of hydrogen-bond acceptors (Lipinski definition) is 2. The number of fused-ring (bicyclic) bond motifs is 4. The predicted molar refractivity (Wildman–Crippen MR) is 104 cm³/mol. The van der Waals surface area contributed by atoms with Crippen molar-refractivity contribution in [1.82, 2.24) is 4.98 Å². The summed E-state index contributed by atoms with van der Waals surface area (Å²) in [6.07, 6.45) is 0.778. The van der Waals surface area contributed by atoms with Crippen LogP contribution >= 0.6 is 15.9 Å². The van der Waals surface area contributed by atoms with Crippen LogP contribution in [0.2, 0.25) is 0 Å². The lowest BCUT2D eigenvalue weighted by molar-refractivity contribution is -0.352. The topological polar surface area (TPSA) is 51.1 Å². The van der Waals surface area contributed by atoms with E-state index in [-0.39, 0.29) is 5.41 Å². The zero-order valence-electron chi connectivity index (χ0n) is 14.4. The second-order valence-electron chi connectivity index (χ2n) is 7.00. The molecule has 5 heteroatoms. The van der Waals surface area contributed by atoms with Crippen molar-refractivity contribution in [2.75, 3.05) is 7.11 Å². The first kappa shape index (κ1) is 16.2. The third-order valence-electron chi connectivity index (χ3n) is 5.18. The van der Waals surface area contributed by atoms with Crippen molar-refractivity contribution in [3.63, 3.8) is 0 Å². The molecular formula is C20H19BrN2O2. The van der Waals surface area contributed by atoms with Crippen LogP contribution in [0.15, 0.2) is 34.8 Å². The zero-order chi connectivity index (χ0) is 17.9. The molecule has 128 valence electrons. The monoisotopic (exact) mass is 398 g/mol. The number of nitrogens with one attached hydrogen (secondary N) is 1. The first-order chi connectivity index (χ1) is 11.8. The largest absolute Gasteiger partial charge is 0.619 e. The molecule has 0 aliphatic heterocycles. The van der Waals surface area contributed by atoms with E-state index >= 15 is 0 Å². The van der Waals surface area contributed by atoms with Crippen molar-refractivity contribution in [2.24, 2.45) is 0 Å². The minimum Gasteiger partial charge on any atom is -0.619 e. The van der Waals surface area contributed by atoms with Gasteiger partial charge in [0.15, 0.2) is 5.75 Å². The Morgan fingerprint density at radius 1 is 1.28 bits per heavy atom. The lowest BCUT2D eigenvalue weighted by atomic mass is 9.71. The zero-order valence-corrected chi connectivity index (χ0v) is 16.0. The van der Waals surface area contributed by atoms with E-state index in [4.69, 9.17) is 4.74 Å². The van der Waals surface area contributed by atoms with Crippen LogP contribution in [0, 0.1) is 5.21 Å². The summed E-state index contributed by atoms with van der Waals surface area (Å²) >= 11 is 3.54. The highest BCUT2D eigenvalue weighted by Gasteiger charge is 2.40. The van der Waals surface area contributed by atoms with E-state index in [1.54, 1.807) is 7.11 Å². The third-order valence-corrected chi connectivity index (χ3v) is 5.68. The smallest absolute Gasteiger partial charge is 0.262 e. The first-order valence-electron chi connectivity index (χ1n) is 8.13. The van der Waals surface area contributed by atoms with Crippen LogP contribution in [-0.4, -0.2) is 23.6 Å². The molecule has 0 radical (unpaired) electrons. The Morgan fingerprint density at radius 2 is 2.04 bits per heavy atom. The van der Waals surface area contributed by atoms with E-state index in [1.165, 1.54) is 10.9 Å². The van der Waals surface area contributed by atoms with Gasteiger partial charge in [-0.05, 0) is 43.2 Å². The van der Waals surface area contributed by atoms with Crippen molar-refractivity contribution < 1.29 is 9.48 Å². The summed E-state index contributed by atoms with van der Waals surface area (Å²) in [5.74, 6) is 0.555. The molecule has 3 aromatic rings. The van der Waals surface area contributed by atoms with Gasteiger partial charge in [0.1, 0.15) is 6.72 Å². The molecule has 0 spiro atoms. The lowest BCUT2D eigenvalue weighted by Crippen LogP contribution is -2.28. The number of aromatic nitrogens is 1. The number of nitrogens with zero attached hydrogens (tertiary/aromatic N) is 1. The summed E-state index contributed by atoms with van der Waals surface area (Å²) in [5, 5.41) is 13.4. The van der Waals surface area contributed by atoms with Crippen LogP contribution < -0.4 is 4.74 Å². The maximum absolute atomic E-state index is 12.2. The van der Waals surface area contributed by atoms with Gasteiger partial charge in [-0.1, -0.05) is 28.1 Å². The quantitative estimate of drug-likeness (QED) is 0.285. The summed E-state index contributed by atoms with van der Waals surface area (Å²) in [7, 11) is 1.58. The van der Waals surface area contributed by atoms with E-state index in [0.717, 1.165) is 33.2 Å². The van der Waals surface area contributed by atoms with Crippen molar-refractivity contribution >= 4 is 39.2 Å². The summed E-state index contributed by atoms with van der Waals surface area (Å²) in [6.45, 7) is 7.86. The minimum absolute atomic E-state index is 0.362. The Balaban J connectivity index is 2.05. The van der Waals surface area contributed by atoms with Gasteiger partial charge in [-0.15, -0.1) is 0 Å². The Hall–Kier alpha value is -2.27. The summed E-state index contributed by atoms with van der Waals surface area (Å²) < 4.78 is 7.14. The van der Waals surface area contributed by atoms with E-state index in [2.05, 4.69) is 65.7 Å². The van der Waals surface area contributed by atoms with E-state index in [1.807, 2.05) is 6.07 Å². The fourth-order valence-electron chi connectivity index (χ4n) is 4.13. The van der Waals surface area contributed by atoms with Crippen LogP contribution in [0.1, 0.15) is 36.2 Å². The fraction of sp³-hybridized carbons (Fsp3) is 0.250. The fourth-order valence-corrected chi connectivity index (χ4v) is 4.49. The molecule has 0 bridgehead atoms. The normalized spacial score (nSPS) is 14.9. The van der Waals surface area contributed by atoms with E-state index < -0.39 is 0 Å². The Bertz CT molecular complexity index is 1030. The van der Waals surface area contributed by atoms with Gasteiger partial charge in [0.05, 0.1) is 7.11 Å². The molecule has 0 amide bonds. The third kappa shape index (κ3) is 2.22. The maximum Gasteiger partial charge on any atom is 0.262 e. The number of halogens is 1. The SMILES string of the molecule is C=[N+]([O-])c1c(OC)ccc2c1C(C)(C)c1[nH]c3cc(Br)ccc3c1C2. The summed E-state index contributed by atoms with van der Waals surface area (Å²) in [5.41, 5.74) is 5.80. The van der Waals surface area contributed by atoms with Gasteiger partial charge >= 0.3 is 0 Å². The van der Waals surface area contributed by atoms with Crippen LogP contribution in [0.5, 0.6) is 5.75 Å². The molecule has 4 nitrogen and oxygen atoms in total. The molecule has 1 aromatic heterocycles. The van der Waals surface area contributed by atoms with Crippen LogP contribution in [0.25, 0.3) is 10.9 Å². The molecule has 1 aliphatic rings. The van der Waals surface area contributed by atoms with Crippen molar-refractivity contribution in [3.8, 4) is 5.75 Å². The molecule has 1 heterocycles. The lowest BCUT2D eigenvalue weighted by Gasteiger charge is -2.33. The average molecular weight is 399 g/mol. The Labute approximate surface area is 154 Å². The van der Waals surface area contributed by atoms with Crippen LogP contribution in [-0.2, 0) is 11.8 Å². The number of ether oxygens (including phenoxy) is 1. The van der Waals surface area contributed by atoms with Crippen molar-refractivity contribution in [1.29, 1.82) is 0 Å². The van der Waals surface area contributed by atoms with Gasteiger partial charge < -0.3 is 14.9 Å². The molecule has 25 heavy (non-hydrogen) atoms. The molecular weight excluding hydrogens is 380 g/mol. The van der Waals surface area contributed by atoms with E-state index in [0.29, 0.717) is 16.2 Å². The number of hydrogen-bond donors (Lipinski definition) is 1. The van der Waals surface area contributed by atoms with Crippen LogP contribution in [0.3, 0.4) is 0 Å². The maximum atomic E-state index is 12.2. The first-order valence-corrected chi connectivity index (χ1v) is 8.92.